The van der Waals surface area contributed by atoms with Crippen LogP contribution in [-0.2, 0) is 0 Å². The topological polar surface area (TPSA) is 35.6 Å². The molecule has 0 atom stereocenters. The molecule has 33 heavy (non-hydrogen) atoms. The van der Waals surface area contributed by atoms with E-state index in [1.165, 1.54) is 5.70 Å². The van der Waals surface area contributed by atoms with E-state index in [4.69, 9.17) is 0 Å². The molecular weight excluding hydrogens is 426 g/mol. The maximum Gasteiger partial charge on any atom is 0.255 e. The van der Waals surface area contributed by atoms with Crippen molar-refractivity contribution in [3.8, 4) is 0 Å². The standard InChI is InChI=1S/C28H35N3OS/c1-6-15-30(16-7-2)19-25-20-33-23(5)31(25)18-22(4)26-13-8-9-14-27(26)29-28(32)24-12-10-11-21(3)17-24/h8-14,17-18,20H,5-7,15-16,19H2,1-4H3,(H,29,32)/b22-18+. The van der Waals surface area contributed by atoms with Crippen LogP contribution in [0.15, 0.2) is 77.4 Å². The number of nitrogens with zero attached hydrogens (tertiary/aromatic N) is 2. The minimum absolute atomic E-state index is 0.101. The van der Waals surface area contributed by atoms with Crippen molar-refractivity contribution in [2.75, 3.05) is 25.0 Å². The van der Waals surface area contributed by atoms with E-state index in [0.29, 0.717) is 5.56 Å². The Balaban J connectivity index is 1.81. The second-order valence-corrected chi connectivity index (χ2v) is 9.39. The number of hydrogen-bond donors (Lipinski definition) is 1. The number of carbonyl (C=O) groups is 1. The van der Waals surface area contributed by atoms with Gasteiger partial charge < -0.3 is 10.2 Å². The third-order valence-corrected chi connectivity index (χ3v) is 6.44. The van der Waals surface area contributed by atoms with Crippen LogP contribution in [-0.4, -0.2) is 35.3 Å². The number of para-hydroxylation sites is 1. The molecule has 1 heterocycles. The van der Waals surface area contributed by atoms with Gasteiger partial charge in [0.25, 0.3) is 5.91 Å². The van der Waals surface area contributed by atoms with Crippen LogP contribution in [0.2, 0.25) is 0 Å². The van der Waals surface area contributed by atoms with Crippen molar-refractivity contribution in [1.82, 2.24) is 9.80 Å². The first kappa shape index (κ1) is 24.9. The third kappa shape index (κ3) is 6.62. The number of anilines is 1. The molecule has 0 aromatic heterocycles. The molecule has 0 radical (unpaired) electrons. The number of carbonyl (C=O) groups excluding carboxylic acids is 1. The first-order chi connectivity index (χ1) is 15.9. The van der Waals surface area contributed by atoms with Gasteiger partial charge >= 0.3 is 0 Å². The molecule has 0 bridgehead atoms. The quantitative estimate of drug-likeness (QED) is 0.410. The number of amides is 1. The Morgan fingerprint density at radius 1 is 1.12 bits per heavy atom. The molecule has 1 amide bonds. The molecule has 0 unspecified atom stereocenters. The van der Waals surface area contributed by atoms with Gasteiger partial charge in [-0.2, -0.15) is 0 Å². The van der Waals surface area contributed by atoms with Crippen molar-refractivity contribution in [1.29, 1.82) is 0 Å². The van der Waals surface area contributed by atoms with Crippen molar-refractivity contribution in [3.05, 3.63) is 94.1 Å². The number of allylic oxidation sites excluding steroid dienone is 1. The molecule has 0 saturated heterocycles. The number of hydrogen-bond acceptors (Lipinski definition) is 4. The molecule has 1 aliphatic heterocycles. The molecule has 2 aromatic carbocycles. The number of rotatable bonds is 10. The predicted octanol–water partition coefficient (Wildman–Crippen LogP) is 7.09. The fourth-order valence-electron chi connectivity index (χ4n) is 3.99. The summed E-state index contributed by atoms with van der Waals surface area (Å²) < 4.78 is 0. The van der Waals surface area contributed by atoms with Crippen molar-refractivity contribution >= 4 is 28.9 Å². The van der Waals surface area contributed by atoms with Gasteiger partial charge in [0.15, 0.2) is 0 Å². The predicted molar refractivity (Wildman–Crippen MR) is 143 cm³/mol. The molecule has 0 fully saturated rings. The van der Waals surface area contributed by atoms with E-state index < -0.39 is 0 Å². The lowest BCUT2D eigenvalue weighted by molar-refractivity contribution is 0.102. The summed E-state index contributed by atoms with van der Waals surface area (Å²) in [7, 11) is 0. The number of nitrogens with one attached hydrogen (secondary N) is 1. The summed E-state index contributed by atoms with van der Waals surface area (Å²) in [5, 5.41) is 6.30. The van der Waals surface area contributed by atoms with Crippen LogP contribution in [0.1, 0.15) is 55.1 Å². The molecule has 0 saturated carbocycles. The monoisotopic (exact) mass is 461 g/mol. The largest absolute Gasteiger partial charge is 0.321 e. The van der Waals surface area contributed by atoms with Gasteiger partial charge in [-0.3, -0.25) is 9.69 Å². The highest BCUT2D eigenvalue weighted by atomic mass is 32.2. The van der Waals surface area contributed by atoms with Gasteiger partial charge in [0.2, 0.25) is 0 Å². The Bertz CT molecular complexity index is 1050. The Labute approximate surface area is 203 Å². The zero-order chi connectivity index (χ0) is 23.8. The summed E-state index contributed by atoms with van der Waals surface area (Å²) in [4.78, 5) is 17.6. The minimum atomic E-state index is -0.101. The average Bonchev–Trinajstić information content (AvgIpc) is 3.13. The highest BCUT2D eigenvalue weighted by Crippen LogP contribution is 2.36. The van der Waals surface area contributed by atoms with Gasteiger partial charge in [0.05, 0.1) is 5.03 Å². The molecule has 3 rings (SSSR count). The normalized spacial score (nSPS) is 14.1. The number of aryl methyl sites for hydroxylation is 1. The van der Waals surface area contributed by atoms with E-state index in [1.54, 1.807) is 11.8 Å². The second kappa shape index (κ2) is 11.9. The summed E-state index contributed by atoms with van der Waals surface area (Å²) in [5.41, 5.74) is 5.85. The van der Waals surface area contributed by atoms with Crippen LogP contribution in [0.3, 0.4) is 0 Å². The molecule has 2 aromatic rings. The summed E-state index contributed by atoms with van der Waals surface area (Å²) in [6.07, 6.45) is 4.43. The molecule has 5 heteroatoms. The van der Waals surface area contributed by atoms with Gasteiger partial charge in [-0.25, -0.2) is 0 Å². The van der Waals surface area contributed by atoms with Gasteiger partial charge in [-0.05, 0) is 69.0 Å². The average molecular weight is 462 g/mol. The molecule has 4 nitrogen and oxygen atoms in total. The first-order valence-electron chi connectivity index (χ1n) is 11.6. The molecule has 174 valence electrons. The van der Waals surface area contributed by atoms with E-state index in [0.717, 1.165) is 59.9 Å². The van der Waals surface area contributed by atoms with Gasteiger partial charge in [-0.15, -0.1) is 0 Å². The summed E-state index contributed by atoms with van der Waals surface area (Å²) in [6, 6.07) is 15.6. The molecule has 0 spiro atoms. The van der Waals surface area contributed by atoms with Crippen molar-refractivity contribution in [2.24, 2.45) is 0 Å². The lowest BCUT2D eigenvalue weighted by Crippen LogP contribution is -2.30. The third-order valence-electron chi connectivity index (χ3n) is 5.58. The summed E-state index contributed by atoms with van der Waals surface area (Å²) in [5.74, 6) is -0.101. The van der Waals surface area contributed by atoms with E-state index in [-0.39, 0.29) is 5.91 Å². The van der Waals surface area contributed by atoms with Crippen LogP contribution in [0.4, 0.5) is 5.69 Å². The minimum Gasteiger partial charge on any atom is -0.321 e. The smallest absolute Gasteiger partial charge is 0.255 e. The van der Waals surface area contributed by atoms with Crippen LogP contribution in [0.5, 0.6) is 0 Å². The zero-order valence-electron chi connectivity index (χ0n) is 20.2. The highest BCUT2D eigenvalue weighted by Gasteiger charge is 2.21. The van der Waals surface area contributed by atoms with Crippen LogP contribution < -0.4 is 5.32 Å². The number of thioether (sulfide) groups is 1. The van der Waals surface area contributed by atoms with Gasteiger partial charge in [-0.1, -0.05) is 68.1 Å². The van der Waals surface area contributed by atoms with Crippen molar-refractivity contribution in [2.45, 2.75) is 40.5 Å². The van der Waals surface area contributed by atoms with Crippen molar-refractivity contribution < 1.29 is 4.79 Å². The summed E-state index contributed by atoms with van der Waals surface area (Å²) >= 11 is 1.67. The van der Waals surface area contributed by atoms with Crippen LogP contribution in [0.25, 0.3) is 5.57 Å². The molecule has 0 aliphatic carbocycles. The second-order valence-electron chi connectivity index (χ2n) is 8.45. The van der Waals surface area contributed by atoms with Gasteiger partial charge in [0, 0.05) is 35.3 Å². The van der Waals surface area contributed by atoms with Crippen LogP contribution >= 0.6 is 11.8 Å². The lowest BCUT2D eigenvalue weighted by atomic mass is 10.0. The Hall–Kier alpha value is -2.76. The Kier molecular flexibility index (Phi) is 8.98. The van der Waals surface area contributed by atoms with E-state index in [9.17, 15) is 4.79 Å². The van der Waals surface area contributed by atoms with E-state index in [1.807, 2.05) is 55.5 Å². The number of benzene rings is 2. The maximum absolute atomic E-state index is 12.9. The van der Waals surface area contributed by atoms with Crippen molar-refractivity contribution in [3.63, 3.8) is 0 Å². The lowest BCUT2D eigenvalue weighted by Gasteiger charge is -2.26. The Morgan fingerprint density at radius 3 is 2.55 bits per heavy atom. The Morgan fingerprint density at radius 2 is 1.85 bits per heavy atom. The zero-order valence-corrected chi connectivity index (χ0v) is 21.0. The molecule has 1 N–H and O–H groups in total. The highest BCUT2D eigenvalue weighted by molar-refractivity contribution is 8.06. The maximum atomic E-state index is 12.9. The SMILES string of the molecule is C=C1SC=C(CN(CCC)CCC)N1/C=C(\C)c1ccccc1NC(=O)c1cccc(C)c1. The van der Waals surface area contributed by atoms with Gasteiger partial charge in [0.1, 0.15) is 0 Å². The first-order valence-corrected chi connectivity index (χ1v) is 12.5. The van der Waals surface area contributed by atoms with E-state index in [2.05, 4.69) is 54.1 Å². The fraction of sp³-hybridized carbons (Fsp3) is 0.321. The van der Waals surface area contributed by atoms with E-state index >= 15 is 0 Å². The fourth-order valence-corrected chi connectivity index (χ4v) is 4.73. The summed E-state index contributed by atoms with van der Waals surface area (Å²) in [6.45, 7) is 15.9. The van der Waals surface area contributed by atoms with Crippen LogP contribution in [0, 0.1) is 6.92 Å². The molecular formula is C28H35N3OS. The molecule has 1 aliphatic rings.